The second-order valence-electron chi connectivity index (χ2n) is 6.44. The van der Waals surface area contributed by atoms with Gasteiger partial charge < -0.3 is 14.3 Å². The summed E-state index contributed by atoms with van der Waals surface area (Å²) in [4.78, 5) is 3.80. The minimum absolute atomic E-state index is 0.187. The third-order valence-corrected chi connectivity index (χ3v) is 4.71. The lowest BCUT2D eigenvalue weighted by atomic mass is 10.1. The van der Waals surface area contributed by atoms with Crippen LogP contribution in [0.15, 0.2) is 65.2 Å². The van der Waals surface area contributed by atoms with Crippen LogP contribution < -0.4 is 9.80 Å². The van der Waals surface area contributed by atoms with Crippen LogP contribution in [-0.2, 0) is 6.54 Å². The Morgan fingerprint density at radius 1 is 1.00 bits per heavy atom. The highest BCUT2D eigenvalue weighted by molar-refractivity contribution is 5.56. The topological polar surface area (TPSA) is 33.7 Å². The SMILES string of the molecule is Fc1ccc(N2CC[NH+](Cc3cc(-c4ccccc4)on3)CC2)cc1. The van der Waals surface area contributed by atoms with Crippen LogP contribution in [0.4, 0.5) is 10.1 Å². The number of nitrogens with one attached hydrogen (secondary N) is 1. The number of benzene rings is 2. The lowest BCUT2D eigenvalue weighted by molar-refractivity contribution is -0.914. The second kappa shape index (κ2) is 7.07. The van der Waals surface area contributed by atoms with Gasteiger partial charge in [-0.3, -0.25) is 0 Å². The molecular formula is C20H21FN3O+. The van der Waals surface area contributed by atoms with Gasteiger partial charge in [0.2, 0.25) is 0 Å². The zero-order valence-corrected chi connectivity index (χ0v) is 14.0. The van der Waals surface area contributed by atoms with Crippen molar-refractivity contribution in [1.29, 1.82) is 0 Å². The molecule has 1 fully saturated rings. The minimum atomic E-state index is -0.187. The molecular weight excluding hydrogens is 317 g/mol. The molecule has 128 valence electrons. The zero-order chi connectivity index (χ0) is 17.1. The first-order valence-corrected chi connectivity index (χ1v) is 8.63. The Morgan fingerprint density at radius 3 is 2.44 bits per heavy atom. The highest BCUT2D eigenvalue weighted by atomic mass is 19.1. The van der Waals surface area contributed by atoms with Gasteiger partial charge in [-0.05, 0) is 24.3 Å². The minimum Gasteiger partial charge on any atom is -0.360 e. The quantitative estimate of drug-likeness (QED) is 0.793. The molecule has 0 spiro atoms. The molecule has 0 saturated carbocycles. The van der Waals surface area contributed by atoms with Crippen molar-refractivity contribution in [3.05, 3.63) is 72.2 Å². The summed E-state index contributed by atoms with van der Waals surface area (Å²) >= 11 is 0. The fraction of sp³-hybridized carbons (Fsp3) is 0.250. The number of rotatable bonds is 4. The highest BCUT2D eigenvalue weighted by Gasteiger charge is 2.21. The molecule has 1 aliphatic heterocycles. The van der Waals surface area contributed by atoms with Crippen LogP contribution in [0.3, 0.4) is 0 Å². The number of hydrogen-bond donors (Lipinski definition) is 1. The normalized spacial score (nSPS) is 15.5. The van der Waals surface area contributed by atoms with Crippen LogP contribution >= 0.6 is 0 Å². The Labute approximate surface area is 146 Å². The van der Waals surface area contributed by atoms with Crippen LogP contribution in [0.25, 0.3) is 11.3 Å². The van der Waals surface area contributed by atoms with E-state index in [1.165, 1.54) is 17.0 Å². The Morgan fingerprint density at radius 2 is 1.72 bits per heavy atom. The molecule has 5 heteroatoms. The summed E-state index contributed by atoms with van der Waals surface area (Å²) in [5.74, 6) is 0.633. The average molecular weight is 338 g/mol. The Hall–Kier alpha value is -2.66. The number of nitrogens with zero attached hydrogens (tertiary/aromatic N) is 2. The molecule has 25 heavy (non-hydrogen) atoms. The van der Waals surface area contributed by atoms with Gasteiger partial charge in [0.25, 0.3) is 0 Å². The van der Waals surface area contributed by atoms with Crippen molar-refractivity contribution in [2.75, 3.05) is 31.1 Å². The summed E-state index contributed by atoms with van der Waals surface area (Å²) in [7, 11) is 0. The summed E-state index contributed by atoms with van der Waals surface area (Å²) in [6.45, 7) is 4.86. The third-order valence-electron chi connectivity index (χ3n) is 4.71. The van der Waals surface area contributed by atoms with Crippen molar-refractivity contribution in [2.24, 2.45) is 0 Å². The van der Waals surface area contributed by atoms with E-state index >= 15 is 0 Å². The summed E-state index contributed by atoms with van der Waals surface area (Å²) in [6, 6.07) is 18.8. The van der Waals surface area contributed by atoms with E-state index in [2.05, 4.69) is 10.1 Å². The molecule has 1 aliphatic rings. The van der Waals surface area contributed by atoms with Gasteiger partial charge in [0.05, 0.1) is 26.2 Å². The molecule has 0 atom stereocenters. The Balaban J connectivity index is 1.34. The molecule has 4 nitrogen and oxygen atoms in total. The predicted octanol–water partition coefficient (Wildman–Crippen LogP) is 2.39. The smallest absolute Gasteiger partial charge is 0.167 e. The first-order chi connectivity index (χ1) is 12.3. The number of aromatic nitrogens is 1. The van der Waals surface area contributed by atoms with Gasteiger partial charge in [-0.25, -0.2) is 4.39 Å². The summed E-state index contributed by atoms with van der Waals surface area (Å²) in [6.07, 6.45) is 0. The molecule has 1 aromatic heterocycles. The van der Waals surface area contributed by atoms with Crippen LogP contribution in [-0.4, -0.2) is 31.3 Å². The molecule has 0 aliphatic carbocycles. The van der Waals surface area contributed by atoms with Crippen molar-refractivity contribution < 1.29 is 13.8 Å². The largest absolute Gasteiger partial charge is 0.360 e. The maximum atomic E-state index is 13.0. The van der Waals surface area contributed by atoms with E-state index in [1.807, 2.05) is 48.5 Å². The number of hydrogen-bond acceptors (Lipinski definition) is 3. The molecule has 0 amide bonds. The number of anilines is 1. The molecule has 2 aromatic carbocycles. The van der Waals surface area contributed by atoms with E-state index in [0.717, 1.165) is 55.4 Å². The third kappa shape index (κ3) is 3.72. The highest BCUT2D eigenvalue weighted by Crippen LogP contribution is 2.19. The second-order valence-corrected chi connectivity index (χ2v) is 6.44. The van der Waals surface area contributed by atoms with E-state index < -0.39 is 0 Å². The first kappa shape index (κ1) is 15.8. The molecule has 2 heterocycles. The van der Waals surface area contributed by atoms with E-state index in [4.69, 9.17) is 4.52 Å². The monoisotopic (exact) mass is 338 g/mol. The van der Waals surface area contributed by atoms with Crippen LogP contribution in [0, 0.1) is 5.82 Å². The van der Waals surface area contributed by atoms with Gasteiger partial charge >= 0.3 is 0 Å². The number of piperazine rings is 1. The maximum Gasteiger partial charge on any atom is 0.167 e. The lowest BCUT2D eigenvalue weighted by Crippen LogP contribution is -3.13. The lowest BCUT2D eigenvalue weighted by Gasteiger charge is -2.33. The molecule has 1 N–H and O–H groups in total. The summed E-state index contributed by atoms with van der Waals surface area (Å²) < 4.78 is 18.5. The molecule has 1 saturated heterocycles. The van der Waals surface area contributed by atoms with Gasteiger partial charge in [0.1, 0.15) is 18.1 Å². The summed E-state index contributed by atoms with van der Waals surface area (Å²) in [5.41, 5.74) is 3.13. The van der Waals surface area contributed by atoms with Gasteiger partial charge in [-0.2, -0.15) is 0 Å². The first-order valence-electron chi connectivity index (χ1n) is 8.63. The van der Waals surface area contributed by atoms with Gasteiger partial charge in [-0.1, -0.05) is 35.5 Å². The molecule has 0 radical (unpaired) electrons. The molecule has 4 rings (SSSR count). The van der Waals surface area contributed by atoms with Crippen molar-refractivity contribution in [1.82, 2.24) is 5.16 Å². The summed E-state index contributed by atoms with van der Waals surface area (Å²) in [5, 5.41) is 4.22. The molecule has 3 aromatic rings. The van der Waals surface area contributed by atoms with Crippen LogP contribution in [0.5, 0.6) is 0 Å². The van der Waals surface area contributed by atoms with E-state index in [-0.39, 0.29) is 5.82 Å². The zero-order valence-electron chi connectivity index (χ0n) is 14.0. The van der Waals surface area contributed by atoms with Crippen molar-refractivity contribution in [3.8, 4) is 11.3 Å². The molecule has 0 bridgehead atoms. The Bertz CT molecular complexity index is 808. The Kier molecular flexibility index (Phi) is 4.48. The fourth-order valence-electron chi connectivity index (χ4n) is 3.30. The predicted molar refractivity (Wildman–Crippen MR) is 95.0 cm³/mol. The number of quaternary nitrogens is 1. The molecule has 0 unspecified atom stereocenters. The van der Waals surface area contributed by atoms with E-state index in [0.29, 0.717) is 0 Å². The van der Waals surface area contributed by atoms with Crippen LogP contribution in [0.2, 0.25) is 0 Å². The van der Waals surface area contributed by atoms with Crippen molar-refractivity contribution >= 4 is 5.69 Å². The van der Waals surface area contributed by atoms with E-state index in [9.17, 15) is 4.39 Å². The number of halogens is 1. The fourth-order valence-corrected chi connectivity index (χ4v) is 3.30. The van der Waals surface area contributed by atoms with Crippen molar-refractivity contribution in [2.45, 2.75) is 6.54 Å². The van der Waals surface area contributed by atoms with Crippen molar-refractivity contribution in [3.63, 3.8) is 0 Å². The standard InChI is InChI=1S/C20H20FN3O/c21-17-6-8-19(9-7-17)24-12-10-23(11-13-24)15-18-14-20(25-22-18)16-4-2-1-3-5-16/h1-9,14H,10-13,15H2/p+1. The van der Waals surface area contributed by atoms with E-state index in [1.54, 1.807) is 0 Å². The average Bonchev–Trinajstić information content (AvgIpc) is 3.12. The van der Waals surface area contributed by atoms with Gasteiger partial charge in [0.15, 0.2) is 5.76 Å². The maximum absolute atomic E-state index is 13.0. The van der Waals surface area contributed by atoms with Crippen LogP contribution in [0.1, 0.15) is 5.69 Å². The van der Waals surface area contributed by atoms with Gasteiger partial charge in [0, 0.05) is 17.3 Å². The van der Waals surface area contributed by atoms with Gasteiger partial charge in [-0.15, -0.1) is 0 Å².